The lowest BCUT2D eigenvalue weighted by molar-refractivity contribution is 0.821. The van der Waals surface area contributed by atoms with Gasteiger partial charge in [-0.15, -0.1) is 0 Å². The van der Waals surface area contributed by atoms with Gasteiger partial charge in [0.05, 0.1) is 18.1 Å². The fourth-order valence-corrected chi connectivity index (χ4v) is 2.89. The number of aromatic amines is 1. The second-order valence-electron chi connectivity index (χ2n) is 5.67. The van der Waals surface area contributed by atoms with E-state index in [1.54, 1.807) is 0 Å². The van der Waals surface area contributed by atoms with E-state index in [-0.39, 0.29) is 11.6 Å². The Labute approximate surface area is 139 Å². The normalized spacial score (nSPS) is 16.5. The van der Waals surface area contributed by atoms with Crippen molar-refractivity contribution in [1.82, 2.24) is 9.97 Å². The molecule has 2 N–H and O–H groups in total. The standard InChI is InChI=1S/C19H16N4O/c24-19-17-18(20-12-21-19)23-16(14-9-5-2-6-10-14)11-15(22-17)13-7-3-1-4-8-13/h1-10,12,16H,11H2,(H2,20,21,23,24)/t16-/m1/s1. The van der Waals surface area contributed by atoms with Crippen molar-refractivity contribution in [3.8, 4) is 0 Å². The van der Waals surface area contributed by atoms with Gasteiger partial charge in [0.15, 0.2) is 11.5 Å². The van der Waals surface area contributed by atoms with Gasteiger partial charge in [-0.25, -0.2) is 9.98 Å². The zero-order valence-electron chi connectivity index (χ0n) is 12.9. The van der Waals surface area contributed by atoms with Crippen molar-refractivity contribution in [3.63, 3.8) is 0 Å². The number of fused-ring (bicyclic) bond motifs is 1. The summed E-state index contributed by atoms with van der Waals surface area (Å²) in [6.07, 6.45) is 2.07. The summed E-state index contributed by atoms with van der Waals surface area (Å²) in [5.74, 6) is 0.513. The lowest BCUT2D eigenvalue weighted by Crippen LogP contribution is -2.15. The topological polar surface area (TPSA) is 70.1 Å². The van der Waals surface area contributed by atoms with E-state index in [1.807, 2.05) is 48.5 Å². The third-order valence-corrected chi connectivity index (χ3v) is 4.09. The van der Waals surface area contributed by atoms with Crippen LogP contribution in [0.4, 0.5) is 11.5 Å². The highest BCUT2D eigenvalue weighted by Crippen LogP contribution is 2.31. The number of H-pyrrole nitrogens is 1. The Morgan fingerprint density at radius 1 is 0.958 bits per heavy atom. The Morgan fingerprint density at radius 2 is 1.67 bits per heavy atom. The van der Waals surface area contributed by atoms with Gasteiger partial charge in [0.25, 0.3) is 5.56 Å². The molecule has 0 saturated heterocycles. The highest BCUT2D eigenvalue weighted by Gasteiger charge is 2.23. The molecule has 0 saturated carbocycles. The van der Waals surface area contributed by atoms with Gasteiger partial charge in [0.1, 0.15) is 0 Å². The Hall–Kier alpha value is -3.21. The van der Waals surface area contributed by atoms with Crippen LogP contribution in [0.25, 0.3) is 0 Å². The highest BCUT2D eigenvalue weighted by atomic mass is 16.1. The van der Waals surface area contributed by atoms with E-state index < -0.39 is 0 Å². The van der Waals surface area contributed by atoms with Crippen LogP contribution in [0.3, 0.4) is 0 Å². The minimum atomic E-state index is -0.241. The van der Waals surface area contributed by atoms with Gasteiger partial charge in [0, 0.05) is 6.42 Å². The molecule has 24 heavy (non-hydrogen) atoms. The summed E-state index contributed by atoms with van der Waals surface area (Å²) >= 11 is 0. The quantitative estimate of drug-likeness (QED) is 0.761. The minimum Gasteiger partial charge on any atom is -0.361 e. The van der Waals surface area contributed by atoms with Gasteiger partial charge >= 0.3 is 0 Å². The van der Waals surface area contributed by atoms with Crippen molar-refractivity contribution in [3.05, 3.63) is 88.5 Å². The van der Waals surface area contributed by atoms with Gasteiger partial charge in [-0.05, 0) is 11.1 Å². The third-order valence-electron chi connectivity index (χ3n) is 4.09. The summed E-state index contributed by atoms with van der Waals surface area (Å²) in [4.78, 5) is 23.7. The number of aliphatic imine (C=N–C) groups is 1. The van der Waals surface area contributed by atoms with Crippen LogP contribution >= 0.6 is 0 Å². The first-order chi connectivity index (χ1) is 11.8. The molecule has 5 heteroatoms. The smallest absolute Gasteiger partial charge is 0.278 e. The molecule has 0 bridgehead atoms. The SMILES string of the molecule is O=c1[nH]cnc2c1N=C(c1ccccc1)C[C@H](c1ccccc1)N2. The van der Waals surface area contributed by atoms with Gasteiger partial charge in [-0.1, -0.05) is 60.7 Å². The Balaban J connectivity index is 1.86. The molecule has 1 atom stereocenters. The molecule has 3 aromatic rings. The number of rotatable bonds is 2. The number of aromatic nitrogens is 2. The molecule has 0 unspecified atom stereocenters. The monoisotopic (exact) mass is 316 g/mol. The van der Waals surface area contributed by atoms with Crippen LogP contribution in [0.15, 0.2) is 76.8 Å². The van der Waals surface area contributed by atoms with Crippen molar-refractivity contribution in [2.45, 2.75) is 12.5 Å². The number of hydrogen-bond acceptors (Lipinski definition) is 4. The van der Waals surface area contributed by atoms with Crippen LogP contribution in [0.2, 0.25) is 0 Å². The maximum absolute atomic E-state index is 12.2. The molecular weight excluding hydrogens is 300 g/mol. The zero-order chi connectivity index (χ0) is 16.4. The van der Waals surface area contributed by atoms with Crippen LogP contribution in [0.5, 0.6) is 0 Å². The van der Waals surface area contributed by atoms with E-state index in [9.17, 15) is 4.79 Å². The van der Waals surface area contributed by atoms with Crippen LogP contribution in [-0.4, -0.2) is 15.7 Å². The lowest BCUT2D eigenvalue weighted by Gasteiger charge is -2.18. The van der Waals surface area contributed by atoms with Crippen LogP contribution in [-0.2, 0) is 0 Å². The predicted octanol–water partition coefficient (Wildman–Crippen LogP) is 3.45. The van der Waals surface area contributed by atoms with Crippen molar-refractivity contribution < 1.29 is 0 Å². The summed E-state index contributed by atoms with van der Waals surface area (Å²) in [5, 5.41) is 3.37. The van der Waals surface area contributed by atoms with Gasteiger partial charge in [-0.3, -0.25) is 4.79 Å². The molecule has 1 aliphatic rings. The van der Waals surface area contributed by atoms with Crippen molar-refractivity contribution >= 4 is 17.2 Å². The molecule has 0 radical (unpaired) electrons. The van der Waals surface area contributed by atoms with E-state index in [1.165, 1.54) is 6.33 Å². The molecule has 5 nitrogen and oxygen atoms in total. The molecule has 118 valence electrons. The van der Waals surface area contributed by atoms with Crippen molar-refractivity contribution in [1.29, 1.82) is 0 Å². The lowest BCUT2D eigenvalue weighted by atomic mass is 9.97. The van der Waals surface area contributed by atoms with Gasteiger partial charge < -0.3 is 10.3 Å². The van der Waals surface area contributed by atoms with E-state index in [0.717, 1.165) is 16.8 Å². The summed E-state index contributed by atoms with van der Waals surface area (Å²) in [7, 11) is 0. The Kier molecular flexibility index (Phi) is 3.67. The van der Waals surface area contributed by atoms with Crippen LogP contribution < -0.4 is 10.9 Å². The number of nitrogens with zero attached hydrogens (tertiary/aromatic N) is 2. The molecule has 4 rings (SSSR count). The fourth-order valence-electron chi connectivity index (χ4n) is 2.89. The number of benzene rings is 2. The first kappa shape index (κ1) is 14.4. The van der Waals surface area contributed by atoms with Gasteiger partial charge in [-0.2, -0.15) is 0 Å². The average molecular weight is 316 g/mol. The second-order valence-corrected chi connectivity index (χ2v) is 5.67. The molecule has 1 aromatic heterocycles. The maximum Gasteiger partial charge on any atom is 0.278 e. The third kappa shape index (κ3) is 2.72. The molecule has 0 aliphatic carbocycles. The van der Waals surface area contributed by atoms with Crippen LogP contribution in [0.1, 0.15) is 23.6 Å². The molecule has 1 aliphatic heterocycles. The largest absolute Gasteiger partial charge is 0.361 e. The Bertz CT molecular complexity index is 932. The fraction of sp³-hybridized carbons (Fsp3) is 0.105. The van der Waals surface area contributed by atoms with E-state index in [2.05, 4.69) is 32.4 Å². The van der Waals surface area contributed by atoms with Crippen LogP contribution in [0, 0.1) is 0 Å². The zero-order valence-corrected chi connectivity index (χ0v) is 12.9. The molecule has 0 amide bonds. The number of hydrogen-bond donors (Lipinski definition) is 2. The first-order valence-electron chi connectivity index (χ1n) is 7.83. The molecule has 0 fully saturated rings. The first-order valence-corrected chi connectivity index (χ1v) is 7.83. The highest BCUT2D eigenvalue weighted by molar-refractivity contribution is 6.03. The summed E-state index contributed by atoms with van der Waals surface area (Å²) < 4.78 is 0. The predicted molar refractivity (Wildman–Crippen MR) is 94.9 cm³/mol. The second kappa shape index (κ2) is 6.12. The summed E-state index contributed by atoms with van der Waals surface area (Å²) in [5.41, 5.74) is 3.10. The number of nitrogens with one attached hydrogen (secondary N) is 2. The molecule has 0 spiro atoms. The summed E-state index contributed by atoms with van der Waals surface area (Å²) in [6.45, 7) is 0. The Morgan fingerprint density at radius 3 is 2.42 bits per heavy atom. The van der Waals surface area contributed by atoms with Crippen molar-refractivity contribution in [2.24, 2.45) is 4.99 Å². The number of anilines is 1. The van der Waals surface area contributed by atoms with E-state index >= 15 is 0 Å². The molecule has 2 heterocycles. The van der Waals surface area contributed by atoms with E-state index in [4.69, 9.17) is 0 Å². The van der Waals surface area contributed by atoms with Crippen molar-refractivity contribution in [2.75, 3.05) is 5.32 Å². The van der Waals surface area contributed by atoms with E-state index in [0.29, 0.717) is 17.9 Å². The maximum atomic E-state index is 12.2. The average Bonchev–Trinajstić information content (AvgIpc) is 2.84. The van der Waals surface area contributed by atoms with Gasteiger partial charge in [0.2, 0.25) is 0 Å². The molecule has 2 aromatic carbocycles. The molecular formula is C19H16N4O. The minimum absolute atomic E-state index is 0.000654. The summed E-state index contributed by atoms with van der Waals surface area (Å²) in [6, 6.07) is 20.1.